The fraction of sp³-hybridized carbons (Fsp3) is 0.133. The second-order valence-corrected chi connectivity index (χ2v) is 8.33. The van der Waals surface area contributed by atoms with Crippen molar-refractivity contribution in [3.63, 3.8) is 0 Å². The first-order valence-electron chi connectivity index (χ1n) is 6.62. The Morgan fingerprint density at radius 2 is 1.82 bits per heavy atom. The van der Waals surface area contributed by atoms with E-state index in [0.717, 1.165) is 15.8 Å². The lowest BCUT2D eigenvalue weighted by atomic mass is 10.2. The molecule has 0 saturated heterocycles. The maximum absolute atomic E-state index is 12.3. The summed E-state index contributed by atoms with van der Waals surface area (Å²) in [5.41, 5.74) is 1.95. The van der Waals surface area contributed by atoms with E-state index >= 15 is 0 Å². The summed E-state index contributed by atoms with van der Waals surface area (Å²) in [5.74, 6) is 0. The third kappa shape index (κ3) is 2.98. The van der Waals surface area contributed by atoms with Crippen LogP contribution in [0.1, 0.15) is 5.56 Å². The largest absolute Gasteiger partial charge is 0.309 e. The van der Waals surface area contributed by atoms with Crippen molar-refractivity contribution in [3.05, 3.63) is 58.0 Å². The van der Waals surface area contributed by atoms with Gasteiger partial charge in [0.25, 0.3) is 0 Å². The van der Waals surface area contributed by atoms with Crippen molar-refractivity contribution in [2.45, 2.75) is 18.5 Å². The smallest absolute Gasteiger partial charge is 0.242 e. The van der Waals surface area contributed by atoms with Crippen LogP contribution >= 0.6 is 23.6 Å². The van der Waals surface area contributed by atoms with Crippen LogP contribution in [0.5, 0.6) is 0 Å². The molecular formula is C15H14N2O2S3. The zero-order valence-corrected chi connectivity index (χ0v) is 14.3. The average molecular weight is 350 g/mol. The number of thiazole rings is 1. The minimum absolute atomic E-state index is 0.124. The summed E-state index contributed by atoms with van der Waals surface area (Å²) in [5, 5.41) is 0. The fourth-order valence-corrected chi connectivity index (χ4v) is 4.40. The van der Waals surface area contributed by atoms with Crippen LogP contribution < -0.4 is 4.72 Å². The Labute approximate surface area is 138 Å². The van der Waals surface area contributed by atoms with Gasteiger partial charge in [0.15, 0.2) is 3.95 Å². The van der Waals surface area contributed by atoms with Gasteiger partial charge < -0.3 is 4.57 Å². The van der Waals surface area contributed by atoms with Gasteiger partial charge in [-0.05, 0) is 43.4 Å². The van der Waals surface area contributed by atoms with Gasteiger partial charge in [-0.15, -0.1) is 11.3 Å². The quantitative estimate of drug-likeness (QED) is 0.730. The molecule has 3 aromatic rings. The van der Waals surface area contributed by atoms with Crippen molar-refractivity contribution in [1.29, 1.82) is 0 Å². The molecule has 0 bridgehead atoms. The highest BCUT2D eigenvalue weighted by atomic mass is 32.2. The van der Waals surface area contributed by atoms with Crippen molar-refractivity contribution in [2.24, 2.45) is 0 Å². The van der Waals surface area contributed by atoms with Gasteiger partial charge in [-0.2, -0.15) is 4.72 Å². The van der Waals surface area contributed by atoms with Crippen LogP contribution in [-0.2, 0) is 16.7 Å². The first kappa shape index (κ1) is 15.4. The molecule has 22 heavy (non-hydrogen) atoms. The highest BCUT2D eigenvalue weighted by Gasteiger charge is 2.14. The van der Waals surface area contributed by atoms with E-state index in [0.29, 0.717) is 3.95 Å². The predicted molar refractivity (Wildman–Crippen MR) is 92.1 cm³/mol. The number of aryl methyl sites for hydroxylation is 1. The highest BCUT2D eigenvalue weighted by molar-refractivity contribution is 7.89. The van der Waals surface area contributed by atoms with Gasteiger partial charge in [0.05, 0.1) is 21.8 Å². The summed E-state index contributed by atoms with van der Waals surface area (Å²) in [6, 6.07) is 14.5. The van der Waals surface area contributed by atoms with Gasteiger partial charge >= 0.3 is 0 Å². The summed E-state index contributed by atoms with van der Waals surface area (Å²) < 4.78 is 30.7. The molecule has 1 heterocycles. The number of sulfonamides is 1. The molecule has 3 rings (SSSR count). The van der Waals surface area contributed by atoms with Gasteiger partial charge in [0.2, 0.25) is 10.0 Å². The number of para-hydroxylation sites is 1. The molecule has 0 spiro atoms. The SMILES string of the molecule is Cc1ccc(S(=O)(=O)NCn2c(=S)sc3ccccc32)cc1. The Kier molecular flexibility index (Phi) is 4.14. The number of nitrogens with zero attached hydrogens (tertiary/aromatic N) is 1. The topological polar surface area (TPSA) is 51.1 Å². The van der Waals surface area contributed by atoms with Gasteiger partial charge in [-0.1, -0.05) is 29.8 Å². The molecule has 2 aromatic carbocycles. The molecule has 0 saturated carbocycles. The third-order valence-corrected chi connectivity index (χ3v) is 6.15. The first-order chi connectivity index (χ1) is 10.5. The Balaban J connectivity index is 1.89. The van der Waals surface area contributed by atoms with Gasteiger partial charge in [0, 0.05) is 0 Å². The number of rotatable bonds is 4. The van der Waals surface area contributed by atoms with Crippen molar-refractivity contribution in [2.75, 3.05) is 0 Å². The minimum Gasteiger partial charge on any atom is -0.309 e. The van der Waals surface area contributed by atoms with Gasteiger partial charge in [-0.3, -0.25) is 0 Å². The van der Waals surface area contributed by atoms with E-state index in [-0.39, 0.29) is 11.6 Å². The van der Waals surface area contributed by atoms with E-state index in [1.807, 2.05) is 31.2 Å². The monoisotopic (exact) mass is 350 g/mol. The summed E-state index contributed by atoms with van der Waals surface area (Å²) in [7, 11) is -3.55. The molecule has 0 fully saturated rings. The van der Waals surface area contributed by atoms with Crippen LogP contribution in [0, 0.1) is 10.9 Å². The highest BCUT2D eigenvalue weighted by Crippen LogP contribution is 2.22. The number of hydrogen-bond donors (Lipinski definition) is 1. The van der Waals surface area contributed by atoms with Gasteiger partial charge in [-0.25, -0.2) is 8.42 Å². The van der Waals surface area contributed by atoms with Crippen LogP contribution in [0.15, 0.2) is 53.4 Å². The molecule has 0 aliphatic rings. The molecule has 0 amide bonds. The van der Waals surface area contributed by atoms with E-state index in [1.54, 1.807) is 28.8 Å². The van der Waals surface area contributed by atoms with Crippen LogP contribution in [0.25, 0.3) is 10.2 Å². The van der Waals surface area contributed by atoms with Crippen LogP contribution in [0.2, 0.25) is 0 Å². The van der Waals surface area contributed by atoms with Crippen molar-refractivity contribution in [3.8, 4) is 0 Å². The number of nitrogens with one attached hydrogen (secondary N) is 1. The first-order valence-corrected chi connectivity index (χ1v) is 9.33. The summed E-state index contributed by atoms with van der Waals surface area (Å²) in [4.78, 5) is 0.254. The predicted octanol–water partition coefficient (Wildman–Crippen LogP) is 3.68. The second kappa shape index (κ2) is 5.92. The molecule has 0 radical (unpaired) electrons. The van der Waals surface area contributed by atoms with E-state index in [9.17, 15) is 8.42 Å². The molecular weight excluding hydrogens is 336 g/mol. The summed E-state index contributed by atoms with van der Waals surface area (Å²) in [6.45, 7) is 2.04. The number of benzene rings is 2. The standard InChI is InChI=1S/C15H14N2O2S3/c1-11-6-8-12(9-7-11)22(18,19)16-10-17-13-4-2-3-5-14(13)21-15(17)20/h2-9,16H,10H2,1H3. The van der Waals surface area contributed by atoms with Crippen LogP contribution in [0.3, 0.4) is 0 Å². The lowest BCUT2D eigenvalue weighted by Crippen LogP contribution is -2.26. The van der Waals surface area contributed by atoms with E-state index in [2.05, 4.69) is 4.72 Å². The molecule has 4 nitrogen and oxygen atoms in total. The molecule has 7 heteroatoms. The van der Waals surface area contributed by atoms with E-state index in [1.165, 1.54) is 11.3 Å². The van der Waals surface area contributed by atoms with Crippen LogP contribution in [-0.4, -0.2) is 13.0 Å². The van der Waals surface area contributed by atoms with Crippen molar-refractivity contribution < 1.29 is 8.42 Å². The Morgan fingerprint density at radius 3 is 2.55 bits per heavy atom. The van der Waals surface area contributed by atoms with Crippen LogP contribution in [0.4, 0.5) is 0 Å². The van der Waals surface area contributed by atoms with E-state index in [4.69, 9.17) is 12.2 Å². The summed E-state index contributed by atoms with van der Waals surface area (Å²) >= 11 is 6.79. The molecule has 1 N–H and O–H groups in total. The molecule has 1 aromatic heterocycles. The van der Waals surface area contributed by atoms with Gasteiger partial charge in [0.1, 0.15) is 0 Å². The lowest BCUT2D eigenvalue weighted by molar-refractivity contribution is 0.566. The molecule has 0 aliphatic heterocycles. The zero-order chi connectivity index (χ0) is 15.7. The minimum atomic E-state index is -3.55. The van der Waals surface area contributed by atoms with Crippen molar-refractivity contribution in [1.82, 2.24) is 9.29 Å². The average Bonchev–Trinajstić information content (AvgIpc) is 2.81. The lowest BCUT2D eigenvalue weighted by Gasteiger charge is -2.09. The second-order valence-electron chi connectivity index (χ2n) is 4.88. The maximum atomic E-state index is 12.3. The Bertz CT molecular complexity index is 970. The Hall–Kier alpha value is -1.54. The molecule has 0 atom stereocenters. The van der Waals surface area contributed by atoms with Crippen molar-refractivity contribution >= 4 is 43.8 Å². The number of aromatic nitrogens is 1. The maximum Gasteiger partial charge on any atom is 0.242 e. The molecule has 0 aliphatic carbocycles. The number of hydrogen-bond acceptors (Lipinski definition) is 4. The fourth-order valence-electron chi connectivity index (χ4n) is 2.11. The normalized spacial score (nSPS) is 11.9. The van der Waals surface area contributed by atoms with E-state index < -0.39 is 10.0 Å². The molecule has 0 unspecified atom stereocenters. The summed E-state index contributed by atoms with van der Waals surface area (Å²) in [6.07, 6.45) is 0. The number of fused-ring (bicyclic) bond motifs is 1. The third-order valence-electron chi connectivity index (χ3n) is 3.32. The zero-order valence-electron chi connectivity index (χ0n) is 11.8. The molecule has 114 valence electrons. The Morgan fingerprint density at radius 1 is 1.14 bits per heavy atom.